The van der Waals surface area contributed by atoms with Gasteiger partial charge in [-0.25, -0.2) is 0 Å². The van der Waals surface area contributed by atoms with E-state index in [1.807, 2.05) is 17.0 Å². The monoisotopic (exact) mass is 301 g/mol. The van der Waals surface area contributed by atoms with Gasteiger partial charge in [0.15, 0.2) is 0 Å². The van der Waals surface area contributed by atoms with Gasteiger partial charge in [-0.1, -0.05) is 25.1 Å². The molecule has 0 aliphatic carbocycles. The van der Waals surface area contributed by atoms with Gasteiger partial charge in [0.05, 0.1) is 0 Å². The highest BCUT2D eigenvalue weighted by molar-refractivity contribution is 5.95. The van der Waals surface area contributed by atoms with Crippen molar-refractivity contribution in [2.75, 3.05) is 39.3 Å². The number of benzene rings is 1. The molecular weight excluding hydrogens is 274 g/mol. The van der Waals surface area contributed by atoms with Crippen LogP contribution >= 0.6 is 0 Å². The van der Waals surface area contributed by atoms with Crippen LogP contribution in [0.3, 0.4) is 0 Å². The molecule has 1 amide bonds. The first-order chi connectivity index (χ1) is 10.7. The van der Waals surface area contributed by atoms with Gasteiger partial charge in [-0.15, -0.1) is 0 Å². The Labute approximate surface area is 133 Å². The largest absolute Gasteiger partial charge is 0.336 e. The molecule has 2 heterocycles. The van der Waals surface area contributed by atoms with Gasteiger partial charge >= 0.3 is 0 Å². The summed E-state index contributed by atoms with van der Waals surface area (Å²) < 4.78 is 0. The summed E-state index contributed by atoms with van der Waals surface area (Å²) in [6.45, 7) is 8.95. The number of nitrogens with one attached hydrogen (secondary N) is 1. The van der Waals surface area contributed by atoms with Crippen molar-refractivity contribution in [3.05, 3.63) is 35.4 Å². The fourth-order valence-corrected chi connectivity index (χ4v) is 3.58. The highest BCUT2D eigenvalue weighted by Crippen LogP contribution is 2.20. The normalized spacial score (nSPS) is 23.5. The highest BCUT2D eigenvalue weighted by Gasteiger charge is 2.22. The third kappa shape index (κ3) is 3.68. The van der Waals surface area contributed by atoms with Crippen molar-refractivity contribution in [3.63, 3.8) is 0 Å². The molecule has 1 aromatic rings. The summed E-state index contributed by atoms with van der Waals surface area (Å²) in [7, 11) is 0. The Morgan fingerprint density at radius 1 is 1.23 bits per heavy atom. The minimum absolute atomic E-state index is 0.196. The summed E-state index contributed by atoms with van der Waals surface area (Å²) in [6.07, 6.45) is 2.60. The van der Waals surface area contributed by atoms with E-state index in [9.17, 15) is 4.79 Å². The van der Waals surface area contributed by atoms with E-state index < -0.39 is 0 Å². The molecule has 4 heteroatoms. The van der Waals surface area contributed by atoms with Crippen molar-refractivity contribution in [1.82, 2.24) is 15.1 Å². The van der Waals surface area contributed by atoms with Crippen molar-refractivity contribution in [2.45, 2.75) is 26.3 Å². The van der Waals surface area contributed by atoms with E-state index in [0.717, 1.165) is 57.3 Å². The lowest BCUT2D eigenvalue weighted by molar-refractivity contribution is 0.0732. The number of hydrogen-bond donors (Lipinski definition) is 1. The number of carbonyl (C=O) groups excluding carboxylic acids is 1. The molecule has 2 fully saturated rings. The number of likely N-dealkylation sites (tertiary alicyclic amines) is 1. The number of nitrogens with zero attached hydrogens (tertiary/aromatic N) is 2. The summed E-state index contributed by atoms with van der Waals surface area (Å²) in [5.41, 5.74) is 2.07. The first-order valence-electron chi connectivity index (χ1n) is 8.54. The predicted octanol–water partition coefficient (Wildman–Crippen LogP) is 1.96. The second kappa shape index (κ2) is 7.25. The van der Waals surface area contributed by atoms with Gasteiger partial charge in [0.25, 0.3) is 5.91 Å². The maximum Gasteiger partial charge on any atom is 0.254 e. The Morgan fingerprint density at radius 2 is 2.00 bits per heavy atom. The molecule has 3 rings (SSSR count). The van der Waals surface area contributed by atoms with Crippen LogP contribution in [0.1, 0.15) is 35.7 Å². The molecule has 1 aromatic carbocycles. The summed E-state index contributed by atoms with van der Waals surface area (Å²) in [5.74, 6) is 0.965. The molecule has 4 nitrogen and oxygen atoms in total. The fraction of sp³-hybridized carbons (Fsp3) is 0.611. The smallest absolute Gasteiger partial charge is 0.254 e. The van der Waals surface area contributed by atoms with E-state index in [1.54, 1.807) is 0 Å². The summed E-state index contributed by atoms with van der Waals surface area (Å²) >= 11 is 0. The highest BCUT2D eigenvalue weighted by atomic mass is 16.2. The number of piperazine rings is 1. The molecule has 2 saturated heterocycles. The lowest BCUT2D eigenvalue weighted by Crippen LogP contribution is -2.46. The van der Waals surface area contributed by atoms with Crippen molar-refractivity contribution >= 4 is 5.91 Å². The Hall–Kier alpha value is -1.39. The van der Waals surface area contributed by atoms with Crippen LogP contribution in [0.15, 0.2) is 24.3 Å². The summed E-state index contributed by atoms with van der Waals surface area (Å²) in [6, 6.07) is 8.15. The molecule has 22 heavy (non-hydrogen) atoms. The summed E-state index contributed by atoms with van der Waals surface area (Å²) in [4.78, 5) is 17.3. The number of carbonyl (C=O) groups is 1. The van der Waals surface area contributed by atoms with E-state index in [1.165, 1.54) is 18.4 Å². The topological polar surface area (TPSA) is 35.6 Å². The van der Waals surface area contributed by atoms with E-state index in [-0.39, 0.29) is 5.91 Å². The van der Waals surface area contributed by atoms with Crippen LogP contribution in [-0.4, -0.2) is 55.0 Å². The molecule has 1 unspecified atom stereocenters. The molecular formula is C18H27N3O. The van der Waals surface area contributed by atoms with Crippen LogP contribution in [-0.2, 0) is 6.54 Å². The summed E-state index contributed by atoms with van der Waals surface area (Å²) in [5, 5.41) is 3.30. The van der Waals surface area contributed by atoms with Crippen molar-refractivity contribution in [2.24, 2.45) is 5.92 Å². The Balaban J connectivity index is 1.73. The third-order valence-electron chi connectivity index (χ3n) is 4.79. The van der Waals surface area contributed by atoms with Gasteiger partial charge in [0, 0.05) is 44.8 Å². The first-order valence-corrected chi connectivity index (χ1v) is 8.54. The lowest BCUT2D eigenvalue weighted by atomic mass is 9.98. The standard InChI is InChI=1S/C18H27N3O/c1-15-5-4-10-20(13-15)14-16-6-2-3-7-17(16)18(22)21-11-8-19-9-12-21/h2-3,6-7,15,19H,4-5,8-14H2,1H3. The van der Waals surface area contributed by atoms with E-state index in [0.29, 0.717) is 0 Å². The number of amides is 1. The lowest BCUT2D eigenvalue weighted by Gasteiger charge is -2.32. The zero-order chi connectivity index (χ0) is 15.4. The average Bonchev–Trinajstić information content (AvgIpc) is 2.56. The van der Waals surface area contributed by atoms with Gasteiger partial charge in [-0.2, -0.15) is 0 Å². The van der Waals surface area contributed by atoms with Crippen LogP contribution in [0.2, 0.25) is 0 Å². The van der Waals surface area contributed by atoms with Crippen LogP contribution in [0.25, 0.3) is 0 Å². The zero-order valence-corrected chi connectivity index (χ0v) is 13.6. The predicted molar refractivity (Wildman–Crippen MR) is 88.9 cm³/mol. The van der Waals surface area contributed by atoms with Gasteiger partial charge in [-0.05, 0) is 36.9 Å². The van der Waals surface area contributed by atoms with Crippen LogP contribution in [0.5, 0.6) is 0 Å². The van der Waals surface area contributed by atoms with Crippen molar-refractivity contribution < 1.29 is 4.79 Å². The van der Waals surface area contributed by atoms with Crippen LogP contribution in [0, 0.1) is 5.92 Å². The van der Waals surface area contributed by atoms with E-state index in [2.05, 4.69) is 29.3 Å². The Bertz CT molecular complexity index is 511. The molecule has 1 N–H and O–H groups in total. The van der Waals surface area contributed by atoms with Crippen LogP contribution < -0.4 is 5.32 Å². The van der Waals surface area contributed by atoms with E-state index in [4.69, 9.17) is 0 Å². The van der Waals surface area contributed by atoms with E-state index >= 15 is 0 Å². The molecule has 2 aliphatic heterocycles. The molecule has 120 valence electrons. The molecule has 2 aliphatic rings. The quantitative estimate of drug-likeness (QED) is 0.927. The minimum Gasteiger partial charge on any atom is -0.336 e. The molecule has 0 radical (unpaired) electrons. The minimum atomic E-state index is 0.196. The molecule has 0 aromatic heterocycles. The fourth-order valence-electron chi connectivity index (χ4n) is 3.58. The maximum atomic E-state index is 12.8. The van der Waals surface area contributed by atoms with Gasteiger partial charge in [0.1, 0.15) is 0 Å². The molecule has 1 atom stereocenters. The number of hydrogen-bond acceptors (Lipinski definition) is 3. The average molecular weight is 301 g/mol. The number of piperidine rings is 1. The molecule has 0 saturated carbocycles. The second-order valence-electron chi connectivity index (χ2n) is 6.68. The SMILES string of the molecule is CC1CCCN(Cc2ccccc2C(=O)N2CCNCC2)C1. The zero-order valence-electron chi connectivity index (χ0n) is 13.6. The molecule has 0 spiro atoms. The van der Waals surface area contributed by atoms with Crippen molar-refractivity contribution in [1.29, 1.82) is 0 Å². The maximum absolute atomic E-state index is 12.8. The third-order valence-corrected chi connectivity index (χ3v) is 4.79. The van der Waals surface area contributed by atoms with Gasteiger partial charge in [-0.3, -0.25) is 9.69 Å². The number of rotatable bonds is 3. The van der Waals surface area contributed by atoms with Crippen molar-refractivity contribution in [3.8, 4) is 0 Å². The van der Waals surface area contributed by atoms with Gasteiger partial charge < -0.3 is 10.2 Å². The second-order valence-corrected chi connectivity index (χ2v) is 6.68. The first kappa shape index (κ1) is 15.5. The van der Waals surface area contributed by atoms with Crippen LogP contribution in [0.4, 0.5) is 0 Å². The van der Waals surface area contributed by atoms with Gasteiger partial charge in [0.2, 0.25) is 0 Å². The molecule has 0 bridgehead atoms. The Kier molecular flexibility index (Phi) is 5.11. The Morgan fingerprint density at radius 3 is 2.77 bits per heavy atom.